The highest BCUT2D eigenvalue weighted by atomic mass is 16.5. The van der Waals surface area contributed by atoms with Gasteiger partial charge in [-0.2, -0.15) is 0 Å². The van der Waals surface area contributed by atoms with E-state index in [2.05, 4.69) is 6.92 Å². The van der Waals surface area contributed by atoms with Crippen LogP contribution in [0.4, 0.5) is 0 Å². The minimum absolute atomic E-state index is 0.0683. The van der Waals surface area contributed by atoms with Gasteiger partial charge >= 0.3 is 5.97 Å². The Kier molecular flexibility index (Phi) is 6.54. The minimum atomic E-state index is -0.763. The molecule has 0 spiro atoms. The van der Waals surface area contributed by atoms with Crippen molar-refractivity contribution in [2.45, 2.75) is 59.2 Å². The summed E-state index contributed by atoms with van der Waals surface area (Å²) in [5.41, 5.74) is 0. The van der Waals surface area contributed by atoms with E-state index in [1.807, 2.05) is 20.8 Å². The molecule has 0 aromatic carbocycles. The predicted octanol–water partition coefficient (Wildman–Crippen LogP) is 2.69. The fourth-order valence-electron chi connectivity index (χ4n) is 1.88. The molecule has 0 saturated carbocycles. The van der Waals surface area contributed by atoms with E-state index < -0.39 is 5.97 Å². The van der Waals surface area contributed by atoms with Crippen LogP contribution in [0.5, 0.6) is 0 Å². The number of hydrogen-bond donors (Lipinski definition) is 1. The number of carbonyl (C=O) groups is 1. The van der Waals surface area contributed by atoms with Crippen molar-refractivity contribution in [3.8, 4) is 0 Å². The molecule has 0 bridgehead atoms. The molecule has 3 unspecified atom stereocenters. The van der Waals surface area contributed by atoms with Gasteiger partial charge in [0.15, 0.2) is 0 Å². The number of hydrogen-bond acceptors (Lipinski definition) is 2. The van der Waals surface area contributed by atoms with Crippen molar-refractivity contribution in [1.82, 2.24) is 0 Å². The molecule has 3 atom stereocenters. The summed E-state index contributed by atoms with van der Waals surface area (Å²) in [5.74, 6) is -0.167. The van der Waals surface area contributed by atoms with Crippen LogP contribution in [0.15, 0.2) is 0 Å². The van der Waals surface area contributed by atoms with Crippen LogP contribution in [0.2, 0.25) is 0 Å². The SMILES string of the molecule is CC.CC1CC(C)OC(CC(=O)O)C1. The van der Waals surface area contributed by atoms with Crippen LogP contribution in [0.3, 0.4) is 0 Å². The van der Waals surface area contributed by atoms with E-state index in [0.717, 1.165) is 12.8 Å². The maximum atomic E-state index is 10.4. The van der Waals surface area contributed by atoms with Crippen molar-refractivity contribution >= 4 is 5.97 Å². The smallest absolute Gasteiger partial charge is 0.305 e. The molecule has 1 rings (SSSR count). The maximum Gasteiger partial charge on any atom is 0.305 e. The van der Waals surface area contributed by atoms with E-state index in [1.54, 1.807) is 0 Å². The van der Waals surface area contributed by atoms with Crippen LogP contribution >= 0.6 is 0 Å². The lowest BCUT2D eigenvalue weighted by Crippen LogP contribution is -2.31. The molecule has 1 fully saturated rings. The lowest BCUT2D eigenvalue weighted by molar-refractivity contribution is -0.143. The van der Waals surface area contributed by atoms with E-state index in [-0.39, 0.29) is 18.6 Å². The zero-order chi connectivity index (χ0) is 11.1. The molecule has 1 heterocycles. The molecule has 14 heavy (non-hydrogen) atoms. The second kappa shape index (κ2) is 6.82. The Balaban J connectivity index is 0.000000791. The first-order chi connectivity index (χ1) is 6.58. The highest BCUT2D eigenvalue weighted by molar-refractivity contribution is 5.67. The van der Waals surface area contributed by atoms with Crippen LogP contribution in [0.1, 0.15) is 47.0 Å². The summed E-state index contributed by atoms with van der Waals surface area (Å²) in [6.45, 7) is 8.15. The van der Waals surface area contributed by atoms with Gasteiger partial charge in [-0.25, -0.2) is 0 Å². The van der Waals surface area contributed by atoms with Crippen LogP contribution in [0, 0.1) is 5.92 Å². The van der Waals surface area contributed by atoms with E-state index in [4.69, 9.17) is 9.84 Å². The second-order valence-corrected chi connectivity index (χ2v) is 3.74. The Morgan fingerprint density at radius 3 is 2.36 bits per heavy atom. The zero-order valence-corrected chi connectivity index (χ0v) is 9.62. The van der Waals surface area contributed by atoms with Crippen LogP contribution in [-0.4, -0.2) is 23.3 Å². The van der Waals surface area contributed by atoms with E-state index in [9.17, 15) is 4.79 Å². The van der Waals surface area contributed by atoms with Crippen LogP contribution in [0.25, 0.3) is 0 Å². The van der Waals surface area contributed by atoms with Crippen LogP contribution in [-0.2, 0) is 9.53 Å². The summed E-state index contributed by atoms with van der Waals surface area (Å²) in [6.07, 6.45) is 2.24. The first-order valence-electron chi connectivity index (χ1n) is 5.45. The van der Waals surface area contributed by atoms with Gasteiger partial charge in [0, 0.05) is 0 Å². The molecule has 0 aliphatic carbocycles. The molecule has 1 aliphatic rings. The monoisotopic (exact) mass is 202 g/mol. The molecular weight excluding hydrogens is 180 g/mol. The number of ether oxygens (including phenoxy) is 1. The zero-order valence-electron chi connectivity index (χ0n) is 9.62. The summed E-state index contributed by atoms with van der Waals surface area (Å²) in [7, 11) is 0. The van der Waals surface area contributed by atoms with Crippen molar-refractivity contribution in [3.05, 3.63) is 0 Å². The molecule has 84 valence electrons. The third-order valence-corrected chi connectivity index (χ3v) is 2.23. The quantitative estimate of drug-likeness (QED) is 0.748. The summed E-state index contributed by atoms with van der Waals surface area (Å²) in [5, 5.41) is 8.56. The third kappa shape index (κ3) is 5.22. The third-order valence-electron chi connectivity index (χ3n) is 2.23. The minimum Gasteiger partial charge on any atom is -0.481 e. The highest BCUT2D eigenvalue weighted by Gasteiger charge is 2.25. The first-order valence-corrected chi connectivity index (χ1v) is 5.45. The molecule has 1 N–H and O–H groups in total. The van der Waals surface area contributed by atoms with Gasteiger partial charge in [-0.05, 0) is 25.7 Å². The van der Waals surface area contributed by atoms with Gasteiger partial charge in [0.1, 0.15) is 0 Å². The maximum absolute atomic E-state index is 10.4. The topological polar surface area (TPSA) is 46.5 Å². The Labute approximate surface area is 86.5 Å². The van der Waals surface area contributed by atoms with Crippen LogP contribution < -0.4 is 0 Å². The molecule has 3 nitrogen and oxygen atoms in total. The van der Waals surface area contributed by atoms with E-state index in [0.29, 0.717) is 5.92 Å². The molecule has 0 aromatic heterocycles. The molecule has 0 aromatic rings. The summed E-state index contributed by atoms with van der Waals surface area (Å²) < 4.78 is 5.49. The highest BCUT2D eigenvalue weighted by Crippen LogP contribution is 2.25. The Morgan fingerprint density at radius 2 is 1.93 bits per heavy atom. The summed E-state index contributed by atoms with van der Waals surface area (Å²) in [4.78, 5) is 10.4. The second-order valence-electron chi connectivity index (χ2n) is 3.74. The predicted molar refractivity (Wildman–Crippen MR) is 56.3 cm³/mol. The lowest BCUT2D eigenvalue weighted by atomic mass is 9.93. The Morgan fingerprint density at radius 1 is 1.36 bits per heavy atom. The van der Waals surface area contributed by atoms with Gasteiger partial charge in [0.05, 0.1) is 18.6 Å². The summed E-state index contributed by atoms with van der Waals surface area (Å²) in [6, 6.07) is 0. The van der Waals surface area contributed by atoms with E-state index >= 15 is 0 Å². The number of carboxylic acid groups (broad SMARTS) is 1. The Bertz CT molecular complexity index is 158. The summed E-state index contributed by atoms with van der Waals surface area (Å²) >= 11 is 0. The van der Waals surface area contributed by atoms with Crippen molar-refractivity contribution in [3.63, 3.8) is 0 Å². The average Bonchev–Trinajstić information content (AvgIpc) is 2.04. The largest absolute Gasteiger partial charge is 0.481 e. The van der Waals surface area contributed by atoms with Gasteiger partial charge in [0.2, 0.25) is 0 Å². The normalized spacial score (nSPS) is 31.6. The first kappa shape index (κ1) is 13.4. The van der Waals surface area contributed by atoms with Gasteiger partial charge in [-0.3, -0.25) is 4.79 Å². The number of carboxylic acids is 1. The Hall–Kier alpha value is -0.570. The van der Waals surface area contributed by atoms with Gasteiger partial charge in [-0.15, -0.1) is 0 Å². The van der Waals surface area contributed by atoms with Gasteiger partial charge in [-0.1, -0.05) is 20.8 Å². The van der Waals surface area contributed by atoms with Gasteiger partial charge in [0.25, 0.3) is 0 Å². The fourth-order valence-corrected chi connectivity index (χ4v) is 1.88. The molecule has 1 aliphatic heterocycles. The van der Waals surface area contributed by atoms with Gasteiger partial charge < -0.3 is 9.84 Å². The number of rotatable bonds is 2. The van der Waals surface area contributed by atoms with Crippen molar-refractivity contribution in [1.29, 1.82) is 0 Å². The molecular formula is C11H22O3. The number of aliphatic carboxylic acids is 1. The standard InChI is InChI=1S/C9H16O3.C2H6/c1-6-3-7(2)12-8(4-6)5-9(10)11;1-2/h6-8H,3-5H2,1-2H3,(H,10,11);1-2H3. The van der Waals surface area contributed by atoms with E-state index in [1.165, 1.54) is 0 Å². The van der Waals surface area contributed by atoms with Crippen molar-refractivity contribution in [2.75, 3.05) is 0 Å². The van der Waals surface area contributed by atoms with Crippen molar-refractivity contribution in [2.24, 2.45) is 5.92 Å². The lowest BCUT2D eigenvalue weighted by Gasteiger charge is -2.31. The van der Waals surface area contributed by atoms with Crippen molar-refractivity contribution < 1.29 is 14.6 Å². The molecule has 0 amide bonds. The average molecular weight is 202 g/mol. The molecule has 1 saturated heterocycles. The molecule has 0 radical (unpaired) electrons. The fraction of sp³-hybridized carbons (Fsp3) is 0.909. The molecule has 3 heteroatoms.